The van der Waals surface area contributed by atoms with Gasteiger partial charge in [-0.15, -0.1) is 0 Å². The predicted molar refractivity (Wildman–Crippen MR) is 346 cm³/mol. The molecule has 82 heavy (non-hydrogen) atoms. The smallest absolute Gasteiger partial charge is 0.137 e. The monoisotopic (exact) mass is 1080 g/mol. The molecule has 0 unspecified atom stereocenters. The van der Waals surface area contributed by atoms with Crippen LogP contribution in [0.1, 0.15) is 129 Å². The standard InChI is InChI=1S/C77H74N4O/c1-50-20-12-13-25-61(50)55-35-39-72(78-48-55)81-68-27-15-14-26-62(68)63-37-36-60(47-71(63)81)82-59-24-19-23-58(46-59)79-49-80(70-29-17-16-28-69(70)79)73-64(52-32-30-51(31-33-52)53-21-18-22-56(42-53)74(2,3)4)44-57(75(5,6)7)45-65(73)54-34-38-66-67(43-54)77(10,11)41-40-76(66,8)9/h12-39,42-48H,40-41,49H2,1-11H3/i1D3,12D,13D,20D,25D,30D,31D,32D,33D,34D,38D,43D. The van der Waals surface area contributed by atoms with Crippen LogP contribution in [0.15, 0.2) is 212 Å². The number of aromatic nitrogens is 2. The van der Waals surface area contributed by atoms with E-state index >= 15 is 0 Å². The van der Waals surface area contributed by atoms with E-state index < -0.39 is 52.8 Å². The van der Waals surface area contributed by atoms with Crippen molar-refractivity contribution in [3.63, 3.8) is 0 Å². The fourth-order valence-electron chi connectivity index (χ4n) is 11.8. The fraction of sp³-hybridized carbons (Fsp3) is 0.234. The first-order valence-electron chi connectivity index (χ1n) is 35.2. The number of pyridine rings is 1. The summed E-state index contributed by atoms with van der Waals surface area (Å²) in [6.07, 6.45) is 2.97. The molecule has 5 heteroatoms. The second-order valence-corrected chi connectivity index (χ2v) is 25.3. The minimum atomic E-state index is -2.84. The summed E-state index contributed by atoms with van der Waals surface area (Å²) >= 11 is 0. The van der Waals surface area contributed by atoms with Gasteiger partial charge in [-0.3, -0.25) is 4.57 Å². The van der Waals surface area contributed by atoms with Gasteiger partial charge in [0.1, 0.15) is 24.0 Å². The molecule has 9 aromatic carbocycles. The minimum Gasteiger partial charge on any atom is -0.457 e. The molecule has 1 aliphatic heterocycles. The van der Waals surface area contributed by atoms with Crippen LogP contribution in [-0.4, -0.2) is 16.2 Å². The van der Waals surface area contributed by atoms with Crippen LogP contribution in [0.5, 0.6) is 11.5 Å². The van der Waals surface area contributed by atoms with E-state index in [-0.39, 0.29) is 82.2 Å². The molecule has 0 saturated heterocycles. The first-order valence-corrected chi connectivity index (χ1v) is 28.2. The Kier molecular flexibility index (Phi) is 9.39. The van der Waals surface area contributed by atoms with Crippen LogP contribution in [0.4, 0.5) is 22.7 Å². The van der Waals surface area contributed by atoms with Gasteiger partial charge in [-0.05, 0) is 164 Å². The molecule has 3 heterocycles. The third-order valence-electron chi connectivity index (χ3n) is 16.7. The number of benzene rings is 9. The van der Waals surface area contributed by atoms with Crippen LogP contribution in [0, 0.1) is 6.85 Å². The zero-order valence-electron chi connectivity index (χ0n) is 62.2. The highest BCUT2D eigenvalue weighted by molar-refractivity contribution is 6.09. The van der Waals surface area contributed by atoms with E-state index in [4.69, 9.17) is 19.3 Å². The Labute approximate surface area is 505 Å². The summed E-state index contributed by atoms with van der Waals surface area (Å²) in [5, 5.41) is 1.83. The van der Waals surface area contributed by atoms with Crippen molar-refractivity contribution in [2.24, 2.45) is 0 Å². The van der Waals surface area contributed by atoms with Crippen LogP contribution in [-0.2, 0) is 21.7 Å². The highest BCUT2D eigenvalue weighted by Crippen LogP contribution is 2.54. The molecule has 0 amide bonds. The van der Waals surface area contributed by atoms with Crippen LogP contribution < -0.4 is 14.5 Å². The Morgan fingerprint density at radius 1 is 0.512 bits per heavy atom. The summed E-state index contributed by atoms with van der Waals surface area (Å²) in [7, 11) is 0. The first kappa shape index (κ1) is 38.9. The van der Waals surface area contributed by atoms with E-state index in [1.54, 1.807) is 12.1 Å². The number of hydrogen-bond acceptors (Lipinski definition) is 4. The van der Waals surface area contributed by atoms with Gasteiger partial charge in [-0.25, -0.2) is 4.98 Å². The summed E-state index contributed by atoms with van der Waals surface area (Å²) in [6.45, 7) is 18.2. The average molecular weight is 1090 g/mol. The van der Waals surface area contributed by atoms with Crippen molar-refractivity contribution >= 4 is 44.6 Å². The fourth-order valence-corrected chi connectivity index (χ4v) is 11.8. The highest BCUT2D eigenvalue weighted by atomic mass is 16.5. The van der Waals surface area contributed by atoms with Gasteiger partial charge in [0.2, 0.25) is 0 Å². The van der Waals surface area contributed by atoms with Crippen molar-refractivity contribution in [2.75, 3.05) is 16.5 Å². The van der Waals surface area contributed by atoms with Gasteiger partial charge >= 0.3 is 0 Å². The van der Waals surface area contributed by atoms with Crippen molar-refractivity contribution in [3.8, 4) is 61.8 Å². The molecule has 0 N–H and O–H groups in total. The van der Waals surface area contributed by atoms with Gasteiger partial charge in [0.05, 0.1) is 43.2 Å². The molecule has 11 aromatic rings. The third kappa shape index (κ3) is 9.44. The van der Waals surface area contributed by atoms with E-state index in [0.29, 0.717) is 45.3 Å². The Morgan fingerprint density at radius 3 is 1.91 bits per heavy atom. The molecule has 2 aromatic heterocycles. The van der Waals surface area contributed by atoms with Gasteiger partial charge in [0.25, 0.3) is 0 Å². The van der Waals surface area contributed by atoms with Crippen molar-refractivity contribution in [1.29, 1.82) is 0 Å². The number of anilines is 4. The van der Waals surface area contributed by atoms with Gasteiger partial charge in [-0.1, -0.05) is 196 Å². The summed E-state index contributed by atoms with van der Waals surface area (Å²) in [5.41, 5.74) is 7.10. The van der Waals surface area contributed by atoms with Crippen molar-refractivity contribution in [1.82, 2.24) is 9.55 Å². The molecule has 1 aliphatic carbocycles. The molecule has 0 atom stereocenters. The van der Waals surface area contributed by atoms with Crippen LogP contribution in [0.2, 0.25) is 0 Å². The topological polar surface area (TPSA) is 33.5 Å². The molecule has 2 aliphatic rings. The lowest BCUT2D eigenvalue weighted by Gasteiger charge is -2.42. The SMILES string of the molecule is [2H]c1c([2H])c([2H])c(C([2H])([2H])[2H])c(-c2ccc(-n3c4ccccc4c4ccc(Oc5cccc(N6CN(c7c(-c8c([2H])c([2H])c(-c9cccc(C(C)(C)C)c9)c([2H])c8[2H])cc(C(C)(C)C)cc7-c7c([2H])c([2H])c8c(c7[2H])C(C)(C)CCC8(C)C)c7ccccc76)c5)cc43)nc2)c1[2H]. The van der Waals surface area contributed by atoms with Crippen molar-refractivity contribution in [2.45, 2.75) is 111 Å². The zero-order chi connectivity index (χ0) is 68.9. The first-order chi connectivity index (χ1) is 45.1. The van der Waals surface area contributed by atoms with Crippen LogP contribution in [0.3, 0.4) is 0 Å². The van der Waals surface area contributed by atoms with Gasteiger partial charge in [0, 0.05) is 55.6 Å². The van der Waals surface area contributed by atoms with Gasteiger partial charge in [-0.2, -0.15) is 0 Å². The highest BCUT2D eigenvalue weighted by Gasteiger charge is 2.38. The number of fused-ring (bicyclic) bond motifs is 5. The summed E-state index contributed by atoms with van der Waals surface area (Å²) in [5.74, 6) is 1.46. The summed E-state index contributed by atoms with van der Waals surface area (Å²) < 4.78 is 138. The normalized spacial score (nSPS) is 17.3. The molecule has 0 radical (unpaired) electrons. The molecular formula is C77H74N4O. The maximum Gasteiger partial charge on any atom is 0.137 e. The maximum absolute atomic E-state index is 10.5. The lowest BCUT2D eigenvalue weighted by molar-refractivity contribution is 0.332. The molecule has 408 valence electrons. The lowest BCUT2D eigenvalue weighted by atomic mass is 9.63. The van der Waals surface area contributed by atoms with Crippen LogP contribution >= 0.6 is 0 Å². The molecule has 0 fully saturated rings. The number of ether oxygens (including phenoxy) is 1. The van der Waals surface area contributed by atoms with Crippen LogP contribution in [0.25, 0.3) is 72.1 Å². The van der Waals surface area contributed by atoms with E-state index in [1.165, 1.54) is 6.20 Å². The quantitative estimate of drug-likeness (QED) is 0.144. The Morgan fingerprint density at radius 2 is 1.17 bits per heavy atom. The Bertz CT molecular complexity index is 5030. The maximum atomic E-state index is 10.5. The zero-order valence-corrected chi connectivity index (χ0v) is 48.2. The number of nitrogens with zero attached hydrogens (tertiary/aromatic N) is 4. The second kappa shape index (κ2) is 19.8. The molecule has 0 spiro atoms. The van der Waals surface area contributed by atoms with Gasteiger partial charge in [0.15, 0.2) is 0 Å². The van der Waals surface area contributed by atoms with Gasteiger partial charge < -0.3 is 14.5 Å². The Hall–Kier alpha value is -8.67. The van der Waals surface area contributed by atoms with Crippen molar-refractivity contribution in [3.05, 3.63) is 240 Å². The Balaban J connectivity index is 0.958. The van der Waals surface area contributed by atoms with E-state index in [0.717, 1.165) is 68.4 Å². The lowest BCUT2D eigenvalue weighted by Crippen LogP contribution is -2.33. The van der Waals surface area contributed by atoms with Crippen molar-refractivity contribution < 1.29 is 23.9 Å². The summed E-state index contributed by atoms with van der Waals surface area (Å²) in [6, 6.07) is 41.1. The average Bonchev–Trinajstić information content (AvgIpc) is 0.963. The largest absolute Gasteiger partial charge is 0.457 e. The summed E-state index contributed by atoms with van der Waals surface area (Å²) in [4.78, 5) is 9.03. The second-order valence-electron chi connectivity index (χ2n) is 25.3. The number of para-hydroxylation sites is 3. The predicted octanol–water partition coefficient (Wildman–Crippen LogP) is 21.1. The number of hydrogen-bond donors (Lipinski definition) is 0. The molecule has 5 nitrogen and oxygen atoms in total. The molecule has 0 saturated carbocycles. The van der Waals surface area contributed by atoms with E-state index in [9.17, 15) is 9.60 Å². The number of rotatable bonds is 9. The molecule has 13 rings (SSSR count). The van der Waals surface area contributed by atoms with E-state index in [1.807, 2.05) is 132 Å². The van der Waals surface area contributed by atoms with E-state index in [2.05, 4.69) is 79.0 Å². The minimum absolute atomic E-state index is 0.0547. The molecular weight excluding hydrogens is 997 g/mol. The third-order valence-corrected chi connectivity index (χ3v) is 16.7. The molecule has 0 bridgehead atoms.